The van der Waals surface area contributed by atoms with E-state index in [1.54, 1.807) is 18.5 Å². The van der Waals surface area contributed by atoms with Gasteiger partial charge in [0, 0.05) is 29.4 Å². The fourth-order valence-electron chi connectivity index (χ4n) is 1.55. The molecule has 3 N–H and O–H groups in total. The lowest BCUT2D eigenvalue weighted by molar-refractivity contribution is 1.14. The maximum Gasteiger partial charge on any atom is 0.0432 e. The van der Waals surface area contributed by atoms with Crippen LogP contribution in [0.3, 0.4) is 0 Å². The Morgan fingerprint density at radius 2 is 2.11 bits per heavy atom. The Hall–Kier alpha value is -2.29. The third-order valence-electron chi connectivity index (χ3n) is 2.56. The normalized spacial score (nSPS) is 10.6. The van der Waals surface area contributed by atoms with E-state index in [0.717, 1.165) is 23.4 Å². The minimum Gasteiger partial charge on any atom is -0.362 e. The lowest BCUT2D eigenvalue weighted by Crippen LogP contribution is -1.96. The van der Waals surface area contributed by atoms with Crippen molar-refractivity contribution in [3.63, 3.8) is 0 Å². The third-order valence-corrected chi connectivity index (χ3v) is 2.56. The minimum absolute atomic E-state index is 0.729. The van der Waals surface area contributed by atoms with Gasteiger partial charge in [-0.05, 0) is 30.3 Å². The van der Waals surface area contributed by atoms with Gasteiger partial charge in [-0.1, -0.05) is 32.2 Å². The van der Waals surface area contributed by atoms with Crippen LogP contribution in [0.5, 0.6) is 0 Å². The van der Waals surface area contributed by atoms with Crippen molar-refractivity contribution >= 4 is 17.6 Å². The summed E-state index contributed by atoms with van der Waals surface area (Å²) in [6, 6.07) is 6.09. The van der Waals surface area contributed by atoms with Crippen LogP contribution in [0.2, 0.25) is 0 Å². The molecule has 0 unspecified atom stereocenters. The van der Waals surface area contributed by atoms with Gasteiger partial charge in [0.2, 0.25) is 0 Å². The van der Waals surface area contributed by atoms with Crippen molar-refractivity contribution < 1.29 is 0 Å². The first kappa shape index (κ1) is 13.8. The molecule has 94 valence electrons. The Kier molecular flexibility index (Phi) is 5.45. The summed E-state index contributed by atoms with van der Waals surface area (Å²) < 4.78 is 0. The van der Waals surface area contributed by atoms with E-state index in [0.29, 0.717) is 0 Å². The van der Waals surface area contributed by atoms with E-state index < -0.39 is 0 Å². The molecule has 3 heteroatoms. The first-order valence-corrected chi connectivity index (χ1v) is 5.85. The molecule has 0 aliphatic heterocycles. The second kappa shape index (κ2) is 7.12. The molecule has 0 heterocycles. The van der Waals surface area contributed by atoms with E-state index in [4.69, 9.17) is 5.41 Å². The Morgan fingerprint density at radius 1 is 1.33 bits per heavy atom. The molecular formula is C15H19N3. The topological polar surface area (TPSA) is 47.9 Å². The van der Waals surface area contributed by atoms with Gasteiger partial charge in [0.05, 0.1) is 0 Å². The molecule has 1 rings (SSSR count). The summed E-state index contributed by atoms with van der Waals surface area (Å²) in [7, 11) is 0. The first-order chi connectivity index (χ1) is 8.74. The van der Waals surface area contributed by atoms with Crippen molar-refractivity contribution in [2.24, 2.45) is 0 Å². The van der Waals surface area contributed by atoms with Crippen molar-refractivity contribution in [3.8, 4) is 0 Å². The van der Waals surface area contributed by atoms with Gasteiger partial charge in [-0.3, -0.25) is 0 Å². The Morgan fingerprint density at radius 3 is 2.67 bits per heavy atom. The lowest BCUT2D eigenvalue weighted by Gasteiger charge is -2.10. The molecule has 0 saturated carbocycles. The van der Waals surface area contributed by atoms with Crippen LogP contribution >= 0.6 is 0 Å². The summed E-state index contributed by atoms with van der Waals surface area (Å²) in [6.07, 6.45) is 7.26. The van der Waals surface area contributed by atoms with E-state index in [9.17, 15) is 0 Å². The molecule has 18 heavy (non-hydrogen) atoms. The Bertz CT molecular complexity index is 463. The van der Waals surface area contributed by atoms with Gasteiger partial charge in [-0.15, -0.1) is 0 Å². The molecule has 0 atom stereocenters. The highest BCUT2D eigenvalue weighted by Crippen LogP contribution is 2.21. The summed E-state index contributed by atoms with van der Waals surface area (Å²) in [5.41, 5.74) is 3.96. The quantitative estimate of drug-likeness (QED) is 0.500. The monoisotopic (exact) mass is 241 g/mol. The molecule has 0 bridgehead atoms. The zero-order valence-electron chi connectivity index (χ0n) is 10.7. The number of anilines is 2. The standard InChI is InChI=1S/C15H19N3/c1-4-12(10-16)11-18-14-8-7-13(5-2)15(9-14)17-6-3/h4,6-11,16-18H,1,3,5H2,2H3/b12-11-,16-10?. The highest BCUT2D eigenvalue weighted by Gasteiger charge is 2.00. The van der Waals surface area contributed by atoms with Crippen LogP contribution in [0, 0.1) is 5.41 Å². The SMILES string of the molecule is C=CNc1cc(N/C=C(/C=C)C=N)ccc1CC. The molecular weight excluding hydrogens is 222 g/mol. The molecule has 0 aromatic heterocycles. The van der Waals surface area contributed by atoms with Crippen molar-refractivity contribution in [3.05, 3.63) is 61.0 Å². The summed E-state index contributed by atoms with van der Waals surface area (Å²) in [5.74, 6) is 0. The van der Waals surface area contributed by atoms with Gasteiger partial charge in [0.15, 0.2) is 0 Å². The van der Waals surface area contributed by atoms with E-state index in [1.165, 1.54) is 11.8 Å². The molecule has 0 aliphatic rings. The molecule has 0 amide bonds. The van der Waals surface area contributed by atoms with E-state index in [2.05, 4.69) is 36.8 Å². The second-order valence-electron chi connectivity index (χ2n) is 3.71. The maximum atomic E-state index is 7.17. The number of hydrogen-bond donors (Lipinski definition) is 3. The number of allylic oxidation sites excluding steroid dienone is 2. The van der Waals surface area contributed by atoms with Gasteiger partial charge in [-0.25, -0.2) is 0 Å². The smallest absolute Gasteiger partial charge is 0.0432 e. The largest absolute Gasteiger partial charge is 0.362 e. The fourth-order valence-corrected chi connectivity index (χ4v) is 1.55. The number of aryl methyl sites for hydroxylation is 1. The zero-order chi connectivity index (χ0) is 13.4. The van der Waals surface area contributed by atoms with Gasteiger partial charge in [-0.2, -0.15) is 0 Å². The van der Waals surface area contributed by atoms with Crippen LogP contribution < -0.4 is 10.6 Å². The highest BCUT2D eigenvalue weighted by molar-refractivity contribution is 5.80. The van der Waals surface area contributed by atoms with Crippen LogP contribution in [-0.4, -0.2) is 6.21 Å². The predicted octanol–water partition coefficient (Wildman–Crippen LogP) is 3.94. The summed E-state index contributed by atoms with van der Waals surface area (Å²) in [5, 5.41) is 13.4. The van der Waals surface area contributed by atoms with Crippen molar-refractivity contribution in [1.82, 2.24) is 0 Å². The van der Waals surface area contributed by atoms with Crippen LogP contribution in [-0.2, 0) is 6.42 Å². The van der Waals surface area contributed by atoms with Gasteiger partial charge >= 0.3 is 0 Å². The fraction of sp³-hybridized carbons (Fsp3) is 0.133. The van der Waals surface area contributed by atoms with Crippen LogP contribution in [0.1, 0.15) is 12.5 Å². The maximum absolute atomic E-state index is 7.17. The molecule has 0 radical (unpaired) electrons. The summed E-state index contributed by atoms with van der Waals surface area (Å²) >= 11 is 0. The average molecular weight is 241 g/mol. The van der Waals surface area contributed by atoms with Crippen molar-refractivity contribution in [2.45, 2.75) is 13.3 Å². The Labute approximate surface area is 108 Å². The Balaban J connectivity index is 2.93. The molecule has 0 aliphatic carbocycles. The average Bonchev–Trinajstić information content (AvgIpc) is 2.40. The van der Waals surface area contributed by atoms with Crippen molar-refractivity contribution in [1.29, 1.82) is 5.41 Å². The highest BCUT2D eigenvalue weighted by atomic mass is 14.9. The van der Waals surface area contributed by atoms with Crippen molar-refractivity contribution in [2.75, 3.05) is 10.6 Å². The minimum atomic E-state index is 0.729. The zero-order valence-corrected chi connectivity index (χ0v) is 10.7. The molecule has 0 fully saturated rings. The first-order valence-electron chi connectivity index (χ1n) is 5.85. The molecule has 1 aromatic carbocycles. The summed E-state index contributed by atoms with van der Waals surface area (Å²) in [4.78, 5) is 0. The number of nitrogens with one attached hydrogen (secondary N) is 3. The number of benzene rings is 1. The number of hydrogen-bond acceptors (Lipinski definition) is 3. The van der Waals surface area contributed by atoms with Gasteiger partial charge in [0.25, 0.3) is 0 Å². The molecule has 1 aromatic rings. The summed E-state index contributed by atoms with van der Waals surface area (Å²) in [6.45, 7) is 9.42. The van der Waals surface area contributed by atoms with E-state index >= 15 is 0 Å². The van der Waals surface area contributed by atoms with Crippen LogP contribution in [0.15, 0.2) is 55.4 Å². The predicted molar refractivity (Wildman–Crippen MR) is 80.3 cm³/mol. The third kappa shape index (κ3) is 3.63. The molecule has 0 saturated heterocycles. The number of rotatable bonds is 7. The molecule has 0 spiro atoms. The molecule has 3 nitrogen and oxygen atoms in total. The van der Waals surface area contributed by atoms with Crippen LogP contribution in [0.4, 0.5) is 11.4 Å². The van der Waals surface area contributed by atoms with Gasteiger partial charge in [0.1, 0.15) is 0 Å². The van der Waals surface area contributed by atoms with E-state index in [-0.39, 0.29) is 0 Å². The van der Waals surface area contributed by atoms with Gasteiger partial charge < -0.3 is 16.0 Å². The second-order valence-corrected chi connectivity index (χ2v) is 3.71. The van der Waals surface area contributed by atoms with E-state index in [1.807, 2.05) is 12.1 Å². The van der Waals surface area contributed by atoms with Crippen LogP contribution in [0.25, 0.3) is 0 Å². The lowest BCUT2D eigenvalue weighted by atomic mass is 10.1.